The first-order valence-corrected chi connectivity index (χ1v) is 8.96. The van der Waals surface area contributed by atoms with Gasteiger partial charge in [0.1, 0.15) is 18.1 Å². The van der Waals surface area contributed by atoms with Crippen LogP contribution in [0.4, 0.5) is 0 Å². The Bertz CT molecular complexity index is 911. The molecule has 0 atom stereocenters. The number of hydrogen-bond donors (Lipinski definition) is 1. The first-order chi connectivity index (χ1) is 12.4. The molecule has 1 amide bonds. The lowest BCUT2D eigenvalue weighted by atomic mass is 10.1. The molecule has 3 rings (SSSR count). The Kier molecular flexibility index (Phi) is 5.46. The predicted molar refractivity (Wildman–Crippen MR) is 101 cm³/mol. The number of carbonyl (C=O) groups is 1. The topological polar surface area (TPSA) is 69.3 Å². The van der Waals surface area contributed by atoms with Crippen LogP contribution in [0.1, 0.15) is 33.1 Å². The van der Waals surface area contributed by atoms with Gasteiger partial charge in [0.15, 0.2) is 5.76 Å². The van der Waals surface area contributed by atoms with E-state index in [9.17, 15) is 4.79 Å². The number of carbonyl (C=O) groups excluding carboxylic acids is 1. The fraction of sp³-hybridized carbons (Fsp3) is 0.263. The predicted octanol–water partition coefficient (Wildman–Crippen LogP) is 3.90. The quantitative estimate of drug-likeness (QED) is 0.659. The number of hydrogen-bond acceptors (Lipinski definition) is 4. The molecule has 0 unspecified atom stereocenters. The molecule has 0 saturated heterocycles. The van der Waals surface area contributed by atoms with Gasteiger partial charge in [-0.15, -0.1) is 0 Å². The number of ether oxygens (including phenoxy) is 1. The molecule has 7 heteroatoms. The molecular weight excluding hydrogens is 398 g/mol. The maximum absolute atomic E-state index is 12.3. The Balaban J connectivity index is 1.58. The number of nitrogens with zero attached hydrogens (tertiary/aromatic N) is 2. The number of aromatic nitrogens is 2. The van der Waals surface area contributed by atoms with Crippen LogP contribution in [0.5, 0.6) is 5.75 Å². The summed E-state index contributed by atoms with van der Waals surface area (Å²) >= 11 is 3.41. The van der Waals surface area contributed by atoms with E-state index in [1.807, 2.05) is 39.1 Å². The van der Waals surface area contributed by atoms with Gasteiger partial charge in [-0.2, -0.15) is 5.10 Å². The molecule has 2 heterocycles. The highest BCUT2D eigenvalue weighted by molar-refractivity contribution is 9.10. The Morgan fingerprint density at radius 3 is 2.85 bits per heavy atom. The van der Waals surface area contributed by atoms with Gasteiger partial charge in [0.2, 0.25) is 0 Å². The molecular formula is C19H20BrN3O3. The smallest absolute Gasteiger partial charge is 0.287 e. The van der Waals surface area contributed by atoms with Crippen molar-refractivity contribution in [1.82, 2.24) is 15.1 Å². The highest BCUT2D eigenvalue weighted by Gasteiger charge is 2.14. The summed E-state index contributed by atoms with van der Waals surface area (Å²) < 4.78 is 14.0. The van der Waals surface area contributed by atoms with Crippen molar-refractivity contribution in [2.24, 2.45) is 7.05 Å². The van der Waals surface area contributed by atoms with E-state index in [4.69, 9.17) is 9.15 Å². The summed E-state index contributed by atoms with van der Waals surface area (Å²) in [4.78, 5) is 12.3. The lowest BCUT2D eigenvalue weighted by molar-refractivity contribution is 0.0918. The van der Waals surface area contributed by atoms with Gasteiger partial charge >= 0.3 is 0 Å². The van der Waals surface area contributed by atoms with Crippen LogP contribution in [0, 0.1) is 13.8 Å². The fourth-order valence-electron chi connectivity index (χ4n) is 2.48. The second-order valence-corrected chi connectivity index (χ2v) is 6.92. The van der Waals surface area contributed by atoms with Crippen LogP contribution in [0.3, 0.4) is 0 Å². The molecule has 0 fully saturated rings. The fourth-order valence-corrected chi connectivity index (χ4v) is 2.96. The molecule has 0 aliphatic heterocycles. The van der Waals surface area contributed by atoms with E-state index in [1.54, 1.807) is 23.0 Å². The van der Waals surface area contributed by atoms with Gasteiger partial charge in [-0.3, -0.25) is 9.48 Å². The van der Waals surface area contributed by atoms with Crippen LogP contribution in [0.2, 0.25) is 0 Å². The summed E-state index contributed by atoms with van der Waals surface area (Å²) in [7, 11) is 1.82. The lowest BCUT2D eigenvalue weighted by Gasteiger charge is -2.08. The van der Waals surface area contributed by atoms with E-state index >= 15 is 0 Å². The number of nitrogens with one attached hydrogen (secondary N) is 1. The first kappa shape index (κ1) is 18.3. The van der Waals surface area contributed by atoms with Crippen LogP contribution in [-0.4, -0.2) is 15.7 Å². The maximum Gasteiger partial charge on any atom is 0.287 e. The number of furan rings is 1. The zero-order chi connectivity index (χ0) is 18.7. The summed E-state index contributed by atoms with van der Waals surface area (Å²) in [5.74, 6) is 1.38. The third-order valence-electron chi connectivity index (χ3n) is 4.03. The molecule has 3 aromatic rings. The molecule has 0 radical (unpaired) electrons. The molecule has 1 aromatic carbocycles. The molecule has 0 aliphatic carbocycles. The van der Waals surface area contributed by atoms with Crippen molar-refractivity contribution in [3.8, 4) is 5.75 Å². The number of rotatable bonds is 6. The summed E-state index contributed by atoms with van der Waals surface area (Å²) in [5, 5.41) is 6.94. The zero-order valence-electron chi connectivity index (χ0n) is 14.9. The van der Waals surface area contributed by atoms with Gasteiger partial charge in [-0.25, -0.2) is 0 Å². The van der Waals surface area contributed by atoms with E-state index < -0.39 is 0 Å². The molecule has 0 spiro atoms. The average Bonchev–Trinajstić information content (AvgIpc) is 3.21. The maximum atomic E-state index is 12.3. The Morgan fingerprint density at radius 2 is 2.12 bits per heavy atom. The Labute approximate surface area is 160 Å². The Morgan fingerprint density at radius 1 is 1.31 bits per heavy atom. The highest BCUT2D eigenvalue weighted by atomic mass is 79.9. The van der Waals surface area contributed by atoms with Crippen molar-refractivity contribution in [3.05, 3.63) is 69.3 Å². The van der Waals surface area contributed by atoms with Crippen LogP contribution >= 0.6 is 15.9 Å². The third-order valence-corrected chi connectivity index (χ3v) is 4.69. The van der Waals surface area contributed by atoms with Crippen molar-refractivity contribution in [3.63, 3.8) is 0 Å². The molecule has 0 saturated carbocycles. The monoisotopic (exact) mass is 417 g/mol. The second kappa shape index (κ2) is 7.78. The van der Waals surface area contributed by atoms with E-state index in [1.165, 1.54) is 0 Å². The molecule has 1 N–H and O–H groups in total. The molecule has 0 bridgehead atoms. The van der Waals surface area contributed by atoms with Crippen LogP contribution in [-0.2, 0) is 20.2 Å². The van der Waals surface area contributed by atoms with Gasteiger partial charge in [0.05, 0.1) is 22.9 Å². The van der Waals surface area contributed by atoms with Crippen LogP contribution < -0.4 is 10.1 Å². The van der Waals surface area contributed by atoms with E-state index in [2.05, 4.69) is 26.3 Å². The van der Waals surface area contributed by atoms with Crippen molar-refractivity contribution >= 4 is 21.8 Å². The molecule has 2 aromatic heterocycles. The van der Waals surface area contributed by atoms with Gasteiger partial charge < -0.3 is 14.5 Å². The summed E-state index contributed by atoms with van der Waals surface area (Å²) in [6.45, 7) is 4.63. The minimum Gasteiger partial charge on any atom is -0.485 e. The van der Waals surface area contributed by atoms with Crippen molar-refractivity contribution in [2.75, 3.05) is 0 Å². The number of benzene rings is 1. The second-order valence-electron chi connectivity index (χ2n) is 6.07. The minimum atomic E-state index is -0.281. The van der Waals surface area contributed by atoms with Crippen molar-refractivity contribution < 1.29 is 13.9 Å². The van der Waals surface area contributed by atoms with Gasteiger partial charge in [-0.1, -0.05) is 12.1 Å². The minimum absolute atomic E-state index is 0.253. The van der Waals surface area contributed by atoms with E-state index in [0.717, 1.165) is 27.0 Å². The summed E-state index contributed by atoms with van der Waals surface area (Å²) in [6.07, 6.45) is 1.69. The Hall–Kier alpha value is -2.54. The molecule has 136 valence electrons. The highest BCUT2D eigenvalue weighted by Crippen LogP contribution is 2.21. The zero-order valence-corrected chi connectivity index (χ0v) is 16.5. The molecule has 6 nitrogen and oxygen atoms in total. The number of halogens is 1. The normalized spacial score (nSPS) is 10.8. The molecule has 0 aliphatic rings. The first-order valence-electron chi connectivity index (χ1n) is 8.17. The lowest BCUT2D eigenvalue weighted by Crippen LogP contribution is -2.23. The third kappa shape index (κ3) is 4.16. The van der Waals surface area contributed by atoms with Crippen molar-refractivity contribution in [1.29, 1.82) is 0 Å². The van der Waals surface area contributed by atoms with E-state index in [0.29, 0.717) is 12.3 Å². The summed E-state index contributed by atoms with van der Waals surface area (Å²) in [6, 6.07) is 9.44. The number of amides is 1. The average molecular weight is 418 g/mol. The standard InChI is InChI=1S/C19H20BrN3O3/c1-12-4-5-13(2)18(8-12)25-11-14-6-7-17(26-14)19(24)21-10-16-15(20)9-22-23(16)3/h4-9H,10-11H2,1-3H3,(H,21,24). The van der Waals surface area contributed by atoms with Crippen LogP contribution in [0.15, 0.2) is 45.4 Å². The van der Waals surface area contributed by atoms with Gasteiger partial charge in [0, 0.05) is 7.05 Å². The SMILES string of the molecule is Cc1ccc(C)c(OCc2ccc(C(=O)NCc3c(Br)cnn3C)o2)c1. The van der Waals surface area contributed by atoms with E-state index in [-0.39, 0.29) is 18.3 Å². The molecule has 26 heavy (non-hydrogen) atoms. The van der Waals surface area contributed by atoms with Crippen molar-refractivity contribution in [2.45, 2.75) is 27.0 Å². The largest absolute Gasteiger partial charge is 0.485 e. The van der Waals surface area contributed by atoms with Gasteiger partial charge in [-0.05, 0) is 59.1 Å². The van der Waals surface area contributed by atoms with Crippen LogP contribution in [0.25, 0.3) is 0 Å². The summed E-state index contributed by atoms with van der Waals surface area (Å²) in [5.41, 5.74) is 3.07. The van der Waals surface area contributed by atoms with Gasteiger partial charge in [0.25, 0.3) is 5.91 Å². The number of aryl methyl sites for hydroxylation is 3.